The summed E-state index contributed by atoms with van der Waals surface area (Å²) in [6, 6.07) is 0. The number of alkyl halides is 12. The lowest BCUT2D eigenvalue weighted by Crippen LogP contribution is -2.68. The third-order valence-electron chi connectivity index (χ3n) is 3.78. The van der Waals surface area contributed by atoms with E-state index in [2.05, 4.69) is 11.3 Å². The first kappa shape index (κ1) is 28.3. The Balaban J connectivity index is 5.51. The first-order valence-electron chi connectivity index (χ1n) is 7.85. The summed E-state index contributed by atoms with van der Waals surface area (Å²) in [6.45, 7) is 3.24. The zero-order chi connectivity index (χ0) is 24.3. The van der Waals surface area contributed by atoms with E-state index >= 15 is 0 Å². The number of esters is 1. The number of carbonyl (C=O) groups is 1. The Hall–Kier alpha value is -1.67. The van der Waals surface area contributed by atoms with E-state index in [4.69, 9.17) is 5.11 Å². The molecule has 0 rings (SSSR count). The van der Waals surface area contributed by atoms with Crippen LogP contribution in [-0.2, 0) is 9.53 Å². The van der Waals surface area contributed by atoms with Crippen molar-refractivity contribution in [1.82, 2.24) is 0 Å². The lowest BCUT2D eigenvalue weighted by molar-refractivity contribution is -0.413. The lowest BCUT2D eigenvalue weighted by Gasteiger charge is -2.39. The fourth-order valence-electron chi connectivity index (χ4n) is 1.92. The molecule has 0 spiro atoms. The predicted octanol–water partition coefficient (Wildman–Crippen LogP) is 5.08. The van der Waals surface area contributed by atoms with Crippen LogP contribution in [0.15, 0.2) is 12.2 Å². The summed E-state index contributed by atoms with van der Waals surface area (Å²) in [5.74, 6) is -36.5. The summed E-state index contributed by atoms with van der Waals surface area (Å²) in [4.78, 5) is 11.2. The second-order valence-corrected chi connectivity index (χ2v) is 6.23. The van der Waals surface area contributed by atoms with Gasteiger partial charge >= 0.3 is 42.0 Å². The van der Waals surface area contributed by atoms with Gasteiger partial charge in [-0.3, -0.25) is 0 Å². The molecule has 30 heavy (non-hydrogen) atoms. The van der Waals surface area contributed by atoms with Crippen LogP contribution in [-0.4, -0.2) is 59.8 Å². The molecule has 0 heterocycles. The van der Waals surface area contributed by atoms with Gasteiger partial charge in [0.05, 0.1) is 6.61 Å². The summed E-state index contributed by atoms with van der Waals surface area (Å²) in [5, 5.41) is 8.91. The largest absolute Gasteiger partial charge is 0.457 e. The summed E-state index contributed by atoms with van der Waals surface area (Å²) < 4.78 is 161. The molecule has 0 aliphatic carbocycles. The fourth-order valence-corrected chi connectivity index (χ4v) is 1.92. The zero-order valence-electron chi connectivity index (χ0n) is 15.0. The normalized spacial score (nSPS) is 15.3. The number of carbonyl (C=O) groups excluding carboxylic acids is 1. The smallest absolute Gasteiger partial charge is 0.384 e. The highest BCUT2D eigenvalue weighted by Crippen LogP contribution is 2.58. The molecule has 0 radical (unpaired) electrons. The molecule has 0 aromatic heterocycles. The molecule has 0 saturated carbocycles. The molecule has 0 bridgehead atoms. The van der Waals surface area contributed by atoms with Crippen LogP contribution in [0.25, 0.3) is 0 Å². The lowest BCUT2D eigenvalue weighted by atomic mass is 9.91. The van der Waals surface area contributed by atoms with Crippen molar-refractivity contribution in [2.45, 2.75) is 68.3 Å². The van der Waals surface area contributed by atoms with Crippen LogP contribution in [0.2, 0.25) is 0 Å². The number of ether oxygens (including phenoxy) is 1. The maximum Gasteiger partial charge on any atom is 0.384 e. The summed E-state index contributed by atoms with van der Waals surface area (Å²) in [7, 11) is 0. The van der Waals surface area contributed by atoms with Gasteiger partial charge in [-0.2, -0.15) is 43.9 Å². The van der Waals surface area contributed by atoms with Crippen LogP contribution >= 0.6 is 0 Å². The Labute approximate surface area is 161 Å². The SMILES string of the molecule is C=C(C)C(=O)OC(CO)CCCC(F)(F)C(F)(F)C(F)(F)C(F)(F)C(F)(F)C(F)F. The van der Waals surface area contributed by atoms with Crippen molar-refractivity contribution in [3.05, 3.63) is 12.2 Å². The molecule has 178 valence electrons. The zero-order valence-corrected chi connectivity index (χ0v) is 15.0. The van der Waals surface area contributed by atoms with Crippen molar-refractivity contribution < 1.29 is 67.3 Å². The molecule has 3 nitrogen and oxygen atoms in total. The average Bonchev–Trinajstić information content (AvgIpc) is 2.59. The van der Waals surface area contributed by atoms with Gasteiger partial charge in [0.25, 0.3) is 0 Å². The van der Waals surface area contributed by atoms with E-state index in [9.17, 15) is 57.5 Å². The van der Waals surface area contributed by atoms with E-state index in [1.165, 1.54) is 0 Å². The standard InChI is InChI=1S/C15H16F12O3/c1-7(2)9(29)30-8(6-28)4-3-5-11(18,19)13(22,23)15(26,27)14(24,25)12(20,21)10(16)17/h8,10,28H,1,3-6H2,2H3. The molecule has 1 atom stereocenters. The number of hydrogen-bond acceptors (Lipinski definition) is 3. The van der Waals surface area contributed by atoms with Gasteiger partial charge in [-0.15, -0.1) is 0 Å². The van der Waals surface area contributed by atoms with Crippen molar-refractivity contribution in [3.63, 3.8) is 0 Å². The van der Waals surface area contributed by atoms with Crippen LogP contribution < -0.4 is 0 Å². The van der Waals surface area contributed by atoms with Crippen molar-refractivity contribution in [2.24, 2.45) is 0 Å². The van der Waals surface area contributed by atoms with E-state index in [1.807, 2.05) is 0 Å². The Morgan fingerprint density at radius 1 is 0.933 bits per heavy atom. The van der Waals surface area contributed by atoms with Gasteiger partial charge in [0.15, 0.2) is 0 Å². The summed E-state index contributed by atoms with van der Waals surface area (Å²) in [5.41, 5.74) is -0.216. The summed E-state index contributed by atoms with van der Waals surface area (Å²) in [6.07, 6.45) is -11.6. The molecule has 1 N–H and O–H groups in total. The number of rotatable bonds is 12. The van der Waals surface area contributed by atoms with Crippen LogP contribution in [0.3, 0.4) is 0 Å². The highest BCUT2D eigenvalue weighted by Gasteiger charge is 2.87. The monoisotopic (exact) mass is 472 g/mol. The molecule has 0 aliphatic heterocycles. The second kappa shape index (κ2) is 9.22. The molecule has 0 aromatic carbocycles. The van der Waals surface area contributed by atoms with Gasteiger partial charge < -0.3 is 9.84 Å². The van der Waals surface area contributed by atoms with Crippen molar-refractivity contribution in [1.29, 1.82) is 0 Å². The van der Waals surface area contributed by atoms with E-state index in [1.54, 1.807) is 0 Å². The number of aliphatic hydroxyl groups is 1. The number of aliphatic hydroxyl groups excluding tert-OH is 1. The number of halogens is 12. The molecule has 0 aromatic rings. The van der Waals surface area contributed by atoms with Gasteiger partial charge in [0.1, 0.15) is 6.10 Å². The van der Waals surface area contributed by atoms with Crippen LogP contribution in [0.4, 0.5) is 52.7 Å². The van der Waals surface area contributed by atoms with E-state index in [0.717, 1.165) is 6.92 Å². The highest BCUT2D eigenvalue weighted by atomic mass is 19.4. The van der Waals surface area contributed by atoms with Crippen molar-refractivity contribution in [3.8, 4) is 0 Å². The number of hydrogen-bond donors (Lipinski definition) is 1. The van der Waals surface area contributed by atoms with E-state index in [0.29, 0.717) is 0 Å². The molecule has 0 amide bonds. The third kappa shape index (κ3) is 5.14. The molecule has 0 saturated heterocycles. The van der Waals surface area contributed by atoms with E-state index < -0.39 is 74.0 Å². The molecule has 0 aliphatic rings. The highest BCUT2D eigenvalue weighted by molar-refractivity contribution is 5.87. The minimum absolute atomic E-state index is 0.216. The Morgan fingerprint density at radius 3 is 1.77 bits per heavy atom. The average molecular weight is 472 g/mol. The summed E-state index contributed by atoms with van der Waals surface area (Å²) >= 11 is 0. The fraction of sp³-hybridized carbons (Fsp3) is 0.800. The predicted molar refractivity (Wildman–Crippen MR) is 76.4 cm³/mol. The first-order chi connectivity index (χ1) is 13.2. The van der Waals surface area contributed by atoms with Crippen LogP contribution in [0.5, 0.6) is 0 Å². The van der Waals surface area contributed by atoms with Crippen LogP contribution in [0, 0.1) is 0 Å². The van der Waals surface area contributed by atoms with Gasteiger partial charge in [-0.25, -0.2) is 13.6 Å². The minimum atomic E-state index is -7.58. The van der Waals surface area contributed by atoms with Gasteiger partial charge in [0.2, 0.25) is 0 Å². The second-order valence-electron chi connectivity index (χ2n) is 6.23. The van der Waals surface area contributed by atoms with Crippen molar-refractivity contribution >= 4 is 5.97 Å². The first-order valence-corrected chi connectivity index (χ1v) is 7.85. The van der Waals surface area contributed by atoms with Gasteiger partial charge in [-0.1, -0.05) is 6.58 Å². The topological polar surface area (TPSA) is 46.5 Å². The maximum atomic E-state index is 13.6. The maximum absolute atomic E-state index is 13.6. The van der Waals surface area contributed by atoms with Gasteiger partial charge in [-0.05, 0) is 19.8 Å². The molecular weight excluding hydrogens is 456 g/mol. The van der Waals surface area contributed by atoms with Gasteiger partial charge in [0, 0.05) is 12.0 Å². The van der Waals surface area contributed by atoms with E-state index in [-0.39, 0.29) is 5.57 Å². The molecule has 15 heteroatoms. The molecule has 1 unspecified atom stereocenters. The van der Waals surface area contributed by atoms with Crippen LogP contribution in [0.1, 0.15) is 26.2 Å². The Morgan fingerprint density at radius 2 is 1.40 bits per heavy atom. The third-order valence-corrected chi connectivity index (χ3v) is 3.78. The Bertz CT molecular complexity index is 618. The molecular formula is C15H16F12O3. The minimum Gasteiger partial charge on any atom is -0.457 e. The van der Waals surface area contributed by atoms with Crippen molar-refractivity contribution in [2.75, 3.05) is 6.61 Å². The quantitative estimate of drug-likeness (QED) is 0.245. The molecule has 0 fully saturated rings. The Kier molecular flexibility index (Phi) is 8.71.